The number of rotatable bonds is 4. The maximum atomic E-state index is 13.8. The lowest BCUT2D eigenvalue weighted by Crippen LogP contribution is -2.02. The van der Waals surface area contributed by atoms with Crippen LogP contribution in [0.25, 0.3) is 0 Å². The first kappa shape index (κ1) is 16.3. The van der Waals surface area contributed by atoms with Crippen LogP contribution in [0.4, 0.5) is 8.78 Å². The van der Waals surface area contributed by atoms with E-state index in [0.717, 1.165) is 12.1 Å². The van der Waals surface area contributed by atoms with Crippen LogP contribution in [0.2, 0.25) is 10.0 Å². The Morgan fingerprint density at radius 1 is 1.10 bits per heavy atom. The molecule has 0 bridgehead atoms. The summed E-state index contributed by atoms with van der Waals surface area (Å²) in [6.45, 7) is 2.22. The van der Waals surface area contributed by atoms with E-state index < -0.39 is 17.0 Å². The summed E-state index contributed by atoms with van der Waals surface area (Å²) in [7, 11) is 0. The van der Waals surface area contributed by atoms with Gasteiger partial charge in [0.05, 0.1) is 17.0 Å². The highest BCUT2D eigenvalue weighted by Gasteiger charge is 2.23. The maximum Gasteiger partial charge on any atom is 0.139 e. The first-order valence-corrected chi connectivity index (χ1v) is 7.34. The van der Waals surface area contributed by atoms with Gasteiger partial charge in [-0.3, -0.25) is 0 Å². The minimum absolute atomic E-state index is 0.227. The van der Waals surface area contributed by atoms with Crippen molar-refractivity contribution in [2.24, 2.45) is 0 Å². The van der Waals surface area contributed by atoms with Crippen molar-refractivity contribution in [1.29, 1.82) is 0 Å². The van der Waals surface area contributed by atoms with Gasteiger partial charge in [0.15, 0.2) is 0 Å². The first-order valence-electron chi connectivity index (χ1n) is 6.15. The SMILES string of the molecule is CCOc1cc(Cl)c(C(Cl)c2c(F)cccc2F)cc1Cl. The average molecular weight is 352 g/mol. The van der Waals surface area contributed by atoms with Crippen LogP contribution in [0.3, 0.4) is 0 Å². The fourth-order valence-corrected chi connectivity index (χ4v) is 2.85. The summed E-state index contributed by atoms with van der Waals surface area (Å²) in [5, 5.41) is -0.587. The van der Waals surface area contributed by atoms with Crippen molar-refractivity contribution < 1.29 is 13.5 Å². The fourth-order valence-electron chi connectivity index (χ4n) is 1.91. The van der Waals surface area contributed by atoms with Crippen molar-refractivity contribution >= 4 is 34.8 Å². The lowest BCUT2D eigenvalue weighted by Gasteiger charge is -2.16. The summed E-state index contributed by atoms with van der Waals surface area (Å²) in [6, 6.07) is 6.48. The van der Waals surface area contributed by atoms with Crippen LogP contribution in [0.5, 0.6) is 5.75 Å². The van der Waals surface area contributed by atoms with Gasteiger partial charge in [-0.05, 0) is 30.7 Å². The molecule has 0 heterocycles. The third kappa shape index (κ3) is 3.42. The third-order valence-electron chi connectivity index (χ3n) is 2.88. The highest BCUT2D eigenvalue weighted by Crippen LogP contribution is 2.40. The van der Waals surface area contributed by atoms with Crippen LogP contribution in [0.15, 0.2) is 30.3 Å². The molecule has 0 aliphatic heterocycles. The van der Waals surface area contributed by atoms with E-state index in [4.69, 9.17) is 39.5 Å². The molecule has 0 radical (unpaired) electrons. The molecule has 1 atom stereocenters. The van der Waals surface area contributed by atoms with Gasteiger partial charge in [-0.25, -0.2) is 8.78 Å². The van der Waals surface area contributed by atoms with E-state index in [1.807, 2.05) is 0 Å². The van der Waals surface area contributed by atoms with Crippen LogP contribution < -0.4 is 4.74 Å². The van der Waals surface area contributed by atoms with E-state index in [1.54, 1.807) is 6.92 Å². The van der Waals surface area contributed by atoms with E-state index in [-0.39, 0.29) is 15.6 Å². The van der Waals surface area contributed by atoms with Crippen molar-refractivity contribution in [1.82, 2.24) is 0 Å². The van der Waals surface area contributed by atoms with Crippen LogP contribution in [0.1, 0.15) is 23.4 Å². The molecular formula is C15H11Cl3F2O. The molecule has 0 aliphatic rings. The molecule has 0 saturated heterocycles. The average Bonchev–Trinajstić information content (AvgIpc) is 2.42. The molecule has 1 unspecified atom stereocenters. The van der Waals surface area contributed by atoms with E-state index in [1.165, 1.54) is 18.2 Å². The molecule has 112 valence electrons. The Labute approximate surface area is 136 Å². The van der Waals surface area contributed by atoms with Crippen LogP contribution >= 0.6 is 34.8 Å². The quantitative estimate of drug-likeness (QED) is 0.614. The van der Waals surface area contributed by atoms with E-state index >= 15 is 0 Å². The van der Waals surface area contributed by atoms with Crippen LogP contribution in [-0.4, -0.2) is 6.61 Å². The minimum atomic E-state index is -1.09. The van der Waals surface area contributed by atoms with E-state index in [9.17, 15) is 8.78 Å². The zero-order chi connectivity index (χ0) is 15.6. The van der Waals surface area contributed by atoms with Gasteiger partial charge >= 0.3 is 0 Å². The van der Waals surface area contributed by atoms with E-state index in [0.29, 0.717) is 17.9 Å². The normalized spacial score (nSPS) is 12.3. The molecule has 21 heavy (non-hydrogen) atoms. The van der Waals surface area contributed by atoms with Crippen molar-refractivity contribution in [3.05, 3.63) is 63.1 Å². The highest BCUT2D eigenvalue weighted by atomic mass is 35.5. The predicted molar refractivity (Wildman–Crippen MR) is 81.7 cm³/mol. The monoisotopic (exact) mass is 350 g/mol. The molecule has 1 nitrogen and oxygen atoms in total. The van der Waals surface area contributed by atoms with Crippen LogP contribution in [-0.2, 0) is 0 Å². The highest BCUT2D eigenvalue weighted by molar-refractivity contribution is 6.36. The number of hydrogen-bond donors (Lipinski definition) is 0. The molecule has 0 aromatic heterocycles. The standard InChI is InChI=1S/C15H11Cl3F2O/c1-2-21-13-7-9(16)8(6-10(13)17)15(18)14-11(19)4-3-5-12(14)20/h3-7,15H,2H2,1H3. The Kier molecular flexibility index (Phi) is 5.31. The second-order valence-corrected chi connectivity index (χ2v) is 5.49. The molecule has 2 aromatic carbocycles. The van der Waals surface area contributed by atoms with Gasteiger partial charge < -0.3 is 4.74 Å². The molecule has 0 aliphatic carbocycles. The lowest BCUT2D eigenvalue weighted by molar-refractivity contribution is 0.340. The summed E-state index contributed by atoms with van der Waals surface area (Å²) in [6.07, 6.45) is 0. The maximum absolute atomic E-state index is 13.8. The number of halogens is 5. The van der Waals surface area contributed by atoms with Gasteiger partial charge in [-0.2, -0.15) is 0 Å². The van der Waals surface area contributed by atoms with Crippen molar-refractivity contribution in [2.45, 2.75) is 12.3 Å². The summed E-state index contributed by atoms with van der Waals surface area (Å²) in [4.78, 5) is 0. The number of benzene rings is 2. The number of alkyl halides is 1. The third-order valence-corrected chi connectivity index (χ3v) is 3.95. The van der Waals surface area contributed by atoms with Crippen molar-refractivity contribution in [3.8, 4) is 5.75 Å². The van der Waals surface area contributed by atoms with Gasteiger partial charge in [-0.1, -0.05) is 29.3 Å². The lowest BCUT2D eigenvalue weighted by atomic mass is 10.0. The zero-order valence-electron chi connectivity index (χ0n) is 11.0. The summed E-state index contributed by atoms with van der Waals surface area (Å²) in [5.74, 6) is -1.09. The molecule has 0 spiro atoms. The second kappa shape index (κ2) is 6.82. The molecular weight excluding hydrogens is 341 g/mol. The molecule has 0 saturated carbocycles. The van der Waals surface area contributed by atoms with Gasteiger partial charge in [-0.15, -0.1) is 11.6 Å². The molecule has 0 fully saturated rings. The fraction of sp³-hybridized carbons (Fsp3) is 0.200. The second-order valence-electron chi connectivity index (χ2n) is 4.24. The smallest absolute Gasteiger partial charge is 0.139 e. The molecule has 2 aromatic rings. The first-order chi connectivity index (χ1) is 9.95. The molecule has 2 rings (SSSR count). The Balaban J connectivity index is 2.49. The topological polar surface area (TPSA) is 9.23 Å². The Morgan fingerprint density at radius 3 is 2.29 bits per heavy atom. The molecule has 0 amide bonds. The van der Waals surface area contributed by atoms with Gasteiger partial charge in [0, 0.05) is 16.7 Å². The van der Waals surface area contributed by atoms with Gasteiger partial charge in [0.25, 0.3) is 0 Å². The van der Waals surface area contributed by atoms with Gasteiger partial charge in [0.2, 0.25) is 0 Å². The summed E-state index contributed by atoms with van der Waals surface area (Å²) in [5.41, 5.74) is 0.0529. The van der Waals surface area contributed by atoms with Gasteiger partial charge in [0.1, 0.15) is 17.4 Å². The minimum Gasteiger partial charge on any atom is -0.492 e. The summed E-state index contributed by atoms with van der Waals surface area (Å²) < 4.78 is 32.9. The Hall–Kier alpha value is -1.03. The number of hydrogen-bond acceptors (Lipinski definition) is 1. The Morgan fingerprint density at radius 2 is 1.71 bits per heavy atom. The predicted octanol–water partition coefficient (Wildman–Crippen LogP) is 6.00. The zero-order valence-corrected chi connectivity index (χ0v) is 13.2. The molecule has 0 N–H and O–H groups in total. The van der Waals surface area contributed by atoms with Crippen molar-refractivity contribution in [3.63, 3.8) is 0 Å². The number of ether oxygens (including phenoxy) is 1. The van der Waals surface area contributed by atoms with Crippen molar-refractivity contribution in [2.75, 3.05) is 6.61 Å². The summed E-state index contributed by atoms with van der Waals surface area (Å²) >= 11 is 18.4. The Bertz CT molecular complexity index is 641. The van der Waals surface area contributed by atoms with Crippen LogP contribution in [0, 0.1) is 11.6 Å². The largest absolute Gasteiger partial charge is 0.492 e. The molecule has 6 heteroatoms. The van der Waals surface area contributed by atoms with E-state index in [2.05, 4.69) is 0 Å².